The number of aliphatic hydroxyl groups is 1. The highest BCUT2D eigenvalue weighted by atomic mass is 16.5. The van der Waals surface area contributed by atoms with E-state index in [1.54, 1.807) is 6.08 Å². The van der Waals surface area contributed by atoms with Crippen molar-refractivity contribution in [3.8, 4) is 0 Å². The molecule has 1 atom stereocenters. The van der Waals surface area contributed by atoms with Crippen LogP contribution in [0, 0.1) is 0 Å². The van der Waals surface area contributed by atoms with Gasteiger partial charge in [0.05, 0.1) is 27.6 Å². The van der Waals surface area contributed by atoms with Gasteiger partial charge in [-0.1, -0.05) is 12.5 Å². The molecule has 0 aromatic rings. The minimum absolute atomic E-state index is 0.188. The summed E-state index contributed by atoms with van der Waals surface area (Å²) in [4.78, 5) is 22.5. The summed E-state index contributed by atoms with van der Waals surface area (Å²) in [5, 5.41) is 17.5. The SMILES string of the molecule is C[N+](C)(C)CC(CC(=O)O)OC(=O)C=CCCCCCO. The van der Waals surface area contributed by atoms with Crippen LogP contribution < -0.4 is 0 Å². The molecule has 0 aromatic carbocycles. The fourth-order valence-electron chi connectivity index (χ4n) is 1.88. The van der Waals surface area contributed by atoms with E-state index in [1.165, 1.54) is 6.08 Å². The highest BCUT2D eigenvalue weighted by molar-refractivity contribution is 5.82. The molecular formula is C15H28NO5+. The van der Waals surface area contributed by atoms with Gasteiger partial charge in [0.15, 0.2) is 6.10 Å². The Bertz CT molecular complexity index is 346. The number of esters is 1. The third-order valence-corrected chi connectivity index (χ3v) is 2.72. The molecule has 0 saturated carbocycles. The smallest absolute Gasteiger partial charge is 0.330 e. The first kappa shape index (κ1) is 19.6. The van der Waals surface area contributed by atoms with Crippen molar-refractivity contribution in [3.05, 3.63) is 12.2 Å². The number of aliphatic carboxylic acids is 1. The van der Waals surface area contributed by atoms with E-state index in [0.29, 0.717) is 11.0 Å². The number of carbonyl (C=O) groups excluding carboxylic acids is 1. The molecule has 6 nitrogen and oxygen atoms in total. The van der Waals surface area contributed by atoms with Gasteiger partial charge < -0.3 is 19.4 Å². The van der Waals surface area contributed by atoms with Crippen LogP contribution in [0.4, 0.5) is 0 Å². The number of aliphatic hydroxyl groups excluding tert-OH is 1. The molecule has 6 heteroatoms. The van der Waals surface area contributed by atoms with Crippen LogP contribution in [0.5, 0.6) is 0 Å². The molecule has 2 N–H and O–H groups in total. The molecule has 0 aliphatic carbocycles. The summed E-state index contributed by atoms with van der Waals surface area (Å²) < 4.78 is 5.73. The summed E-state index contributed by atoms with van der Waals surface area (Å²) in [6, 6.07) is 0. The maximum absolute atomic E-state index is 11.7. The summed E-state index contributed by atoms with van der Waals surface area (Å²) >= 11 is 0. The minimum atomic E-state index is -0.978. The monoisotopic (exact) mass is 302 g/mol. The molecule has 0 aliphatic heterocycles. The number of ether oxygens (including phenoxy) is 1. The van der Waals surface area contributed by atoms with E-state index in [2.05, 4.69) is 0 Å². The number of nitrogens with zero attached hydrogens (tertiary/aromatic N) is 1. The van der Waals surface area contributed by atoms with Crippen molar-refractivity contribution in [3.63, 3.8) is 0 Å². The standard InChI is InChI=1S/C15H27NO5/c1-16(2,3)12-13(11-14(18)19)21-15(20)9-7-5-4-6-8-10-17/h7,9,13,17H,4-6,8,10-12H2,1-3H3/p+1. The van der Waals surface area contributed by atoms with Crippen molar-refractivity contribution in [2.24, 2.45) is 0 Å². The lowest BCUT2D eigenvalue weighted by Crippen LogP contribution is -2.43. The van der Waals surface area contributed by atoms with E-state index in [0.717, 1.165) is 25.7 Å². The maximum Gasteiger partial charge on any atom is 0.330 e. The van der Waals surface area contributed by atoms with Crippen LogP contribution >= 0.6 is 0 Å². The van der Waals surface area contributed by atoms with E-state index in [1.807, 2.05) is 21.1 Å². The third kappa shape index (κ3) is 13.3. The van der Waals surface area contributed by atoms with Crippen LogP contribution in [-0.4, -0.2) is 67.0 Å². The number of unbranched alkanes of at least 4 members (excludes halogenated alkanes) is 3. The first-order chi connectivity index (χ1) is 9.74. The first-order valence-electron chi connectivity index (χ1n) is 7.25. The number of quaternary nitrogens is 1. The summed E-state index contributed by atoms with van der Waals surface area (Å²) in [5.74, 6) is -1.48. The second-order valence-electron chi connectivity index (χ2n) is 6.10. The van der Waals surface area contributed by atoms with E-state index >= 15 is 0 Å². The Morgan fingerprint density at radius 3 is 2.38 bits per heavy atom. The Morgan fingerprint density at radius 1 is 1.19 bits per heavy atom. The summed E-state index contributed by atoms with van der Waals surface area (Å²) in [6.45, 7) is 0.635. The molecule has 122 valence electrons. The van der Waals surface area contributed by atoms with Crippen LogP contribution in [0.1, 0.15) is 32.1 Å². The fourth-order valence-corrected chi connectivity index (χ4v) is 1.88. The van der Waals surface area contributed by atoms with Crippen LogP contribution in [0.15, 0.2) is 12.2 Å². The van der Waals surface area contributed by atoms with Crippen molar-refractivity contribution >= 4 is 11.9 Å². The zero-order valence-electron chi connectivity index (χ0n) is 13.2. The molecule has 0 radical (unpaired) electrons. The Morgan fingerprint density at radius 2 is 1.86 bits per heavy atom. The molecule has 0 heterocycles. The van der Waals surface area contributed by atoms with E-state index in [-0.39, 0.29) is 13.0 Å². The average molecular weight is 302 g/mol. The Hall–Kier alpha value is -1.40. The lowest BCUT2D eigenvalue weighted by atomic mass is 10.2. The van der Waals surface area contributed by atoms with Crippen molar-refractivity contribution in [1.29, 1.82) is 0 Å². The minimum Gasteiger partial charge on any atom is -0.481 e. The first-order valence-corrected chi connectivity index (χ1v) is 7.25. The number of allylic oxidation sites excluding steroid dienone is 1. The Kier molecular flexibility index (Phi) is 9.65. The van der Waals surface area contributed by atoms with Crippen LogP contribution in [-0.2, 0) is 14.3 Å². The number of carbonyl (C=O) groups is 2. The molecule has 0 amide bonds. The maximum atomic E-state index is 11.7. The number of carboxylic acids is 1. The molecular weight excluding hydrogens is 274 g/mol. The van der Waals surface area contributed by atoms with E-state index in [9.17, 15) is 9.59 Å². The van der Waals surface area contributed by atoms with E-state index < -0.39 is 18.0 Å². The largest absolute Gasteiger partial charge is 0.481 e. The molecule has 0 spiro atoms. The fraction of sp³-hybridized carbons (Fsp3) is 0.733. The Balaban J connectivity index is 4.20. The predicted molar refractivity (Wildman–Crippen MR) is 79.7 cm³/mol. The second-order valence-corrected chi connectivity index (χ2v) is 6.10. The molecule has 0 aromatic heterocycles. The van der Waals surface area contributed by atoms with Gasteiger partial charge in [0.2, 0.25) is 0 Å². The molecule has 0 fully saturated rings. The molecule has 21 heavy (non-hydrogen) atoms. The summed E-state index contributed by atoms with van der Waals surface area (Å²) in [7, 11) is 5.75. The van der Waals surface area contributed by atoms with Gasteiger partial charge in [-0.05, 0) is 19.3 Å². The Labute approximate surface area is 126 Å². The molecule has 0 saturated heterocycles. The normalized spacial score (nSPS) is 13.3. The molecule has 0 aliphatic rings. The van der Waals surface area contributed by atoms with Gasteiger partial charge in [-0.15, -0.1) is 0 Å². The van der Waals surface area contributed by atoms with Gasteiger partial charge in [0, 0.05) is 12.7 Å². The molecule has 1 unspecified atom stereocenters. The lowest BCUT2D eigenvalue weighted by Gasteiger charge is -2.28. The second kappa shape index (κ2) is 10.3. The average Bonchev–Trinajstić information content (AvgIpc) is 2.30. The van der Waals surface area contributed by atoms with Crippen molar-refractivity contribution in [2.75, 3.05) is 34.3 Å². The highest BCUT2D eigenvalue weighted by Gasteiger charge is 2.23. The molecule has 0 bridgehead atoms. The lowest BCUT2D eigenvalue weighted by molar-refractivity contribution is -0.873. The van der Waals surface area contributed by atoms with Gasteiger partial charge >= 0.3 is 11.9 Å². The number of hydrogen-bond acceptors (Lipinski definition) is 4. The van der Waals surface area contributed by atoms with Crippen molar-refractivity contribution in [2.45, 2.75) is 38.2 Å². The van der Waals surface area contributed by atoms with Gasteiger partial charge in [0.25, 0.3) is 0 Å². The van der Waals surface area contributed by atoms with Crippen LogP contribution in [0.25, 0.3) is 0 Å². The van der Waals surface area contributed by atoms with Gasteiger partial charge in [0.1, 0.15) is 6.54 Å². The van der Waals surface area contributed by atoms with Crippen LogP contribution in [0.3, 0.4) is 0 Å². The summed E-state index contributed by atoms with van der Waals surface area (Å²) in [6.07, 6.45) is 5.59. The number of rotatable bonds is 11. The quantitative estimate of drug-likeness (QED) is 0.259. The zero-order valence-corrected chi connectivity index (χ0v) is 13.2. The number of hydrogen-bond donors (Lipinski definition) is 2. The number of likely N-dealkylation sites (N-methyl/N-ethyl adjacent to an activating group) is 1. The third-order valence-electron chi connectivity index (χ3n) is 2.72. The highest BCUT2D eigenvalue weighted by Crippen LogP contribution is 2.06. The summed E-state index contributed by atoms with van der Waals surface area (Å²) in [5.41, 5.74) is 0. The molecule has 0 rings (SSSR count). The van der Waals surface area contributed by atoms with Crippen LogP contribution in [0.2, 0.25) is 0 Å². The van der Waals surface area contributed by atoms with Gasteiger partial charge in [-0.2, -0.15) is 0 Å². The van der Waals surface area contributed by atoms with Gasteiger partial charge in [-0.25, -0.2) is 4.79 Å². The predicted octanol–water partition coefficient (Wildman–Crippen LogP) is 1.19. The van der Waals surface area contributed by atoms with Crippen molar-refractivity contribution < 1.29 is 29.0 Å². The number of carboxylic acid groups (broad SMARTS) is 1. The topological polar surface area (TPSA) is 83.8 Å². The van der Waals surface area contributed by atoms with E-state index in [4.69, 9.17) is 14.9 Å². The zero-order chi connectivity index (χ0) is 16.3. The van der Waals surface area contributed by atoms with Gasteiger partial charge in [-0.3, -0.25) is 4.79 Å². The van der Waals surface area contributed by atoms with Crippen molar-refractivity contribution in [1.82, 2.24) is 0 Å².